The van der Waals surface area contributed by atoms with Crippen LogP contribution < -0.4 is 11.1 Å². The third-order valence-electron chi connectivity index (χ3n) is 2.04. The average Bonchev–Trinajstić information content (AvgIpc) is 2.62. The third-order valence-corrected chi connectivity index (χ3v) is 2.04. The zero-order chi connectivity index (χ0) is 13.0. The van der Waals surface area contributed by atoms with Gasteiger partial charge in [-0.1, -0.05) is 5.16 Å². The fourth-order valence-corrected chi connectivity index (χ4v) is 1.25. The lowest BCUT2D eigenvalue weighted by atomic mass is 10.3. The van der Waals surface area contributed by atoms with Crippen molar-refractivity contribution in [3.8, 4) is 0 Å². The lowest BCUT2D eigenvalue weighted by molar-refractivity contribution is -0.134. The summed E-state index contributed by atoms with van der Waals surface area (Å²) in [7, 11) is 1.51. The van der Waals surface area contributed by atoms with Crippen molar-refractivity contribution in [3.05, 3.63) is 11.8 Å². The van der Waals surface area contributed by atoms with Gasteiger partial charge in [0.1, 0.15) is 5.76 Å². The highest BCUT2D eigenvalue weighted by Crippen LogP contribution is 2.06. The molecular formula is C10H16N4O3. The van der Waals surface area contributed by atoms with Crippen molar-refractivity contribution in [2.24, 2.45) is 5.73 Å². The van der Waals surface area contributed by atoms with Crippen LogP contribution in [0.25, 0.3) is 0 Å². The van der Waals surface area contributed by atoms with E-state index in [-0.39, 0.29) is 18.4 Å². The van der Waals surface area contributed by atoms with E-state index in [9.17, 15) is 9.59 Å². The van der Waals surface area contributed by atoms with Crippen LogP contribution >= 0.6 is 0 Å². The minimum absolute atomic E-state index is 0.0771. The molecule has 7 heteroatoms. The number of rotatable bonds is 4. The van der Waals surface area contributed by atoms with Gasteiger partial charge in [-0.05, 0) is 13.8 Å². The minimum atomic E-state index is -0.623. The Morgan fingerprint density at radius 2 is 2.29 bits per heavy atom. The van der Waals surface area contributed by atoms with Crippen molar-refractivity contribution in [1.29, 1.82) is 0 Å². The molecule has 1 heterocycles. The lowest BCUT2D eigenvalue weighted by Crippen LogP contribution is -2.43. The number of aromatic nitrogens is 1. The summed E-state index contributed by atoms with van der Waals surface area (Å²) in [5.41, 5.74) is 5.42. The largest absolute Gasteiger partial charge is 0.360 e. The molecule has 0 saturated heterocycles. The monoisotopic (exact) mass is 240 g/mol. The van der Waals surface area contributed by atoms with Crippen molar-refractivity contribution in [1.82, 2.24) is 10.1 Å². The molecule has 1 aromatic rings. The second kappa shape index (κ2) is 5.44. The number of carbonyl (C=O) groups is 2. The highest BCUT2D eigenvalue weighted by atomic mass is 16.5. The van der Waals surface area contributed by atoms with Crippen molar-refractivity contribution in [2.75, 3.05) is 18.9 Å². The van der Waals surface area contributed by atoms with E-state index in [0.717, 1.165) is 0 Å². The number of likely N-dealkylation sites (N-methyl/N-ethyl adjacent to an activating group) is 1. The van der Waals surface area contributed by atoms with Gasteiger partial charge < -0.3 is 20.5 Å². The van der Waals surface area contributed by atoms with Crippen LogP contribution in [-0.2, 0) is 9.59 Å². The second-order valence-corrected chi connectivity index (χ2v) is 3.85. The first-order chi connectivity index (χ1) is 7.90. The molecule has 94 valence electrons. The number of hydrogen-bond donors (Lipinski definition) is 2. The van der Waals surface area contributed by atoms with Crippen molar-refractivity contribution in [3.63, 3.8) is 0 Å². The quantitative estimate of drug-likeness (QED) is 0.754. The predicted octanol–water partition coefficient (Wildman–Crippen LogP) is -0.273. The molecule has 0 fully saturated rings. The molecule has 0 aromatic carbocycles. The number of amides is 2. The van der Waals surface area contributed by atoms with E-state index in [2.05, 4.69) is 10.5 Å². The Bertz CT molecular complexity index is 413. The summed E-state index contributed by atoms with van der Waals surface area (Å²) in [5.74, 6) is 0.278. The van der Waals surface area contributed by atoms with Gasteiger partial charge in [0.2, 0.25) is 11.8 Å². The minimum Gasteiger partial charge on any atom is -0.360 e. The van der Waals surface area contributed by atoms with Gasteiger partial charge in [-0.25, -0.2) is 0 Å². The molecule has 0 aliphatic heterocycles. The smallest absolute Gasteiger partial charge is 0.245 e. The topological polar surface area (TPSA) is 101 Å². The molecule has 3 N–H and O–H groups in total. The number of nitrogens with zero attached hydrogens (tertiary/aromatic N) is 2. The molecule has 0 saturated carbocycles. The molecule has 1 atom stereocenters. The highest BCUT2D eigenvalue weighted by molar-refractivity contribution is 5.94. The van der Waals surface area contributed by atoms with Gasteiger partial charge in [0.15, 0.2) is 5.82 Å². The van der Waals surface area contributed by atoms with Gasteiger partial charge >= 0.3 is 0 Å². The summed E-state index contributed by atoms with van der Waals surface area (Å²) >= 11 is 0. The fraction of sp³-hybridized carbons (Fsp3) is 0.500. The van der Waals surface area contributed by atoms with Gasteiger partial charge in [0.25, 0.3) is 0 Å². The number of nitrogens with one attached hydrogen (secondary N) is 1. The molecule has 7 nitrogen and oxygen atoms in total. The highest BCUT2D eigenvalue weighted by Gasteiger charge is 2.16. The Morgan fingerprint density at radius 3 is 2.76 bits per heavy atom. The molecule has 0 aliphatic carbocycles. The van der Waals surface area contributed by atoms with Crippen LogP contribution in [0, 0.1) is 6.92 Å². The molecule has 1 aromatic heterocycles. The molecule has 0 aliphatic rings. The second-order valence-electron chi connectivity index (χ2n) is 3.85. The van der Waals surface area contributed by atoms with Gasteiger partial charge in [0.05, 0.1) is 12.6 Å². The number of aryl methyl sites for hydroxylation is 1. The number of hydrogen-bond acceptors (Lipinski definition) is 5. The lowest BCUT2D eigenvalue weighted by Gasteiger charge is -2.18. The van der Waals surface area contributed by atoms with Crippen LogP contribution in [0.3, 0.4) is 0 Å². The van der Waals surface area contributed by atoms with Crippen LogP contribution in [0.5, 0.6) is 0 Å². The molecule has 0 bridgehead atoms. The van der Waals surface area contributed by atoms with E-state index in [0.29, 0.717) is 11.6 Å². The number of carbonyl (C=O) groups excluding carboxylic acids is 2. The van der Waals surface area contributed by atoms with Crippen LogP contribution in [0.15, 0.2) is 10.6 Å². The van der Waals surface area contributed by atoms with E-state index in [1.165, 1.54) is 11.9 Å². The van der Waals surface area contributed by atoms with Crippen molar-refractivity contribution in [2.45, 2.75) is 19.9 Å². The summed E-state index contributed by atoms with van der Waals surface area (Å²) in [6.45, 7) is 3.21. The zero-order valence-corrected chi connectivity index (χ0v) is 10.1. The zero-order valence-electron chi connectivity index (χ0n) is 10.1. The maximum absolute atomic E-state index is 11.5. The standard InChI is InChI=1S/C10H16N4O3/c1-6-4-8(13-17-6)12-9(15)5-14(3)10(16)7(2)11/h4,7H,5,11H2,1-3H3,(H,12,13,15)/t7-/m1/s1. The Balaban J connectivity index is 2.47. The average molecular weight is 240 g/mol. The predicted molar refractivity (Wildman–Crippen MR) is 61.2 cm³/mol. The first-order valence-corrected chi connectivity index (χ1v) is 5.14. The van der Waals surface area contributed by atoms with Crippen LogP contribution in [0.2, 0.25) is 0 Å². The fourth-order valence-electron chi connectivity index (χ4n) is 1.25. The molecule has 2 amide bonds. The summed E-state index contributed by atoms with van der Waals surface area (Å²) in [6.07, 6.45) is 0. The van der Waals surface area contributed by atoms with Crippen molar-refractivity contribution < 1.29 is 14.1 Å². The summed E-state index contributed by atoms with van der Waals surface area (Å²) in [5, 5.41) is 6.12. The van der Waals surface area contributed by atoms with Gasteiger partial charge in [0, 0.05) is 13.1 Å². The molecule has 1 rings (SSSR count). The van der Waals surface area contributed by atoms with Crippen LogP contribution in [-0.4, -0.2) is 41.5 Å². The molecule has 0 unspecified atom stereocenters. The van der Waals surface area contributed by atoms with Crippen molar-refractivity contribution >= 4 is 17.6 Å². The summed E-state index contributed by atoms with van der Waals surface area (Å²) in [4.78, 5) is 24.2. The normalized spacial score (nSPS) is 12.0. The van der Waals surface area contributed by atoms with E-state index in [1.807, 2.05) is 0 Å². The van der Waals surface area contributed by atoms with Crippen LogP contribution in [0.4, 0.5) is 5.82 Å². The maximum atomic E-state index is 11.5. The first kappa shape index (κ1) is 13.2. The Labute approximate surface area is 98.9 Å². The Kier molecular flexibility index (Phi) is 4.22. The summed E-state index contributed by atoms with van der Waals surface area (Å²) in [6, 6.07) is 0.966. The van der Waals surface area contributed by atoms with E-state index in [4.69, 9.17) is 10.3 Å². The van der Waals surface area contributed by atoms with Crippen LogP contribution in [0.1, 0.15) is 12.7 Å². The number of anilines is 1. The van der Waals surface area contributed by atoms with Gasteiger partial charge in [-0.2, -0.15) is 0 Å². The Hall–Kier alpha value is -1.89. The molecular weight excluding hydrogens is 224 g/mol. The van der Waals surface area contributed by atoms with E-state index < -0.39 is 6.04 Å². The molecule has 17 heavy (non-hydrogen) atoms. The van der Waals surface area contributed by atoms with Gasteiger partial charge in [-0.3, -0.25) is 9.59 Å². The first-order valence-electron chi connectivity index (χ1n) is 5.14. The number of nitrogens with two attached hydrogens (primary N) is 1. The maximum Gasteiger partial charge on any atom is 0.245 e. The van der Waals surface area contributed by atoms with E-state index in [1.54, 1.807) is 19.9 Å². The Morgan fingerprint density at radius 1 is 1.65 bits per heavy atom. The third kappa shape index (κ3) is 3.87. The van der Waals surface area contributed by atoms with E-state index >= 15 is 0 Å². The molecule has 0 radical (unpaired) electrons. The SMILES string of the molecule is Cc1cc(NC(=O)CN(C)C(=O)[C@@H](C)N)no1. The molecule has 0 spiro atoms. The van der Waals surface area contributed by atoms with Gasteiger partial charge in [-0.15, -0.1) is 0 Å². The summed E-state index contributed by atoms with van der Waals surface area (Å²) < 4.78 is 4.79.